The molecule has 118 valence electrons. The Morgan fingerprint density at radius 3 is 3.26 bits per heavy atom. The van der Waals surface area contributed by atoms with Crippen LogP contribution in [0, 0.1) is 6.92 Å². The van der Waals surface area contributed by atoms with Crippen LogP contribution in [0.4, 0.5) is 0 Å². The summed E-state index contributed by atoms with van der Waals surface area (Å²) in [6.07, 6.45) is 7.15. The van der Waals surface area contributed by atoms with Gasteiger partial charge in [0.2, 0.25) is 0 Å². The fourth-order valence-electron chi connectivity index (χ4n) is 2.85. The summed E-state index contributed by atoms with van der Waals surface area (Å²) >= 11 is 1.47. The highest BCUT2D eigenvalue weighted by molar-refractivity contribution is 7.15. The molecule has 23 heavy (non-hydrogen) atoms. The summed E-state index contributed by atoms with van der Waals surface area (Å²) in [5, 5.41) is 3.83. The number of imidazole rings is 1. The molecular formula is C16H16N4O2S. The molecule has 1 amide bonds. The molecule has 0 bridgehead atoms. The molecule has 7 heteroatoms. The molecule has 6 nitrogen and oxygen atoms in total. The summed E-state index contributed by atoms with van der Waals surface area (Å²) in [5.74, 6) is 1.66. The van der Waals surface area contributed by atoms with Gasteiger partial charge in [0, 0.05) is 36.3 Å². The number of nitrogens with zero attached hydrogens (tertiary/aromatic N) is 3. The number of furan rings is 1. The molecular weight excluding hydrogens is 312 g/mol. The van der Waals surface area contributed by atoms with E-state index in [0.717, 1.165) is 35.1 Å². The molecule has 0 spiro atoms. The van der Waals surface area contributed by atoms with Gasteiger partial charge in [0.05, 0.1) is 6.26 Å². The second-order valence-electron chi connectivity index (χ2n) is 5.61. The fraction of sp³-hybridized carbons (Fsp3) is 0.312. The summed E-state index contributed by atoms with van der Waals surface area (Å²) in [6.45, 7) is 2.67. The number of thiazole rings is 1. The molecule has 4 rings (SSSR count). The molecule has 4 heterocycles. The van der Waals surface area contributed by atoms with Crippen LogP contribution in [0.5, 0.6) is 0 Å². The molecule has 1 aliphatic rings. The smallest absolute Gasteiger partial charge is 0.271 e. The van der Waals surface area contributed by atoms with Crippen LogP contribution in [0.25, 0.3) is 10.8 Å². The number of nitrogens with one attached hydrogen (secondary N) is 1. The van der Waals surface area contributed by atoms with E-state index in [9.17, 15) is 4.79 Å². The Balaban J connectivity index is 1.50. The van der Waals surface area contributed by atoms with Crippen molar-refractivity contribution in [3.05, 3.63) is 47.2 Å². The van der Waals surface area contributed by atoms with Crippen molar-refractivity contribution in [3.8, 4) is 10.8 Å². The van der Waals surface area contributed by atoms with Gasteiger partial charge in [-0.05, 0) is 25.5 Å². The largest absolute Gasteiger partial charge is 0.462 e. The lowest BCUT2D eigenvalue weighted by molar-refractivity contribution is 0.0922. The highest BCUT2D eigenvalue weighted by atomic mass is 32.1. The van der Waals surface area contributed by atoms with Crippen LogP contribution >= 0.6 is 11.3 Å². The fourth-order valence-corrected chi connectivity index (χ4v) is 3.73. The maximum atomic E-state index is 12.5. The van der Waals surface area contributed by atoms with Gasteiger partial charge in [0.15, 0.2) is 10.8 Å². The van der Waals surface area contributed by atoms with E-state index in [1.807, 2.05) is 25.3 Å². The summed E-state index contributed by atoms with van der Waals surface area (Å²) < 4.78 is 7.45. The van der Waals surface area contributed by atoms with Gasteiger partial charge < -0.3 is 14.3 Å². The Morgan fingerprint density at radius 2 is 2.43 bits per heavy atom. The first kappa shape index (κ1) is 14.2. The SMILES string of the molecule is Cc1sc(-c2ccco2)nc1C(=O)N[C@@H]1CCc2nccn2C1. The number of hydrogen-bond donors (Lipinski definition) is 1. The van der Waals surface area contributed by atoms with Crippen LogP contribution in [-0.2, 0) is 13.0 Å². The molecule has 0 fully saturated rings. The Kier molecular flexibility index (Phi) is 3.49. The van der Waals surface area contributed by atoms with E-state index in [1.54, 1.807) is 12.5 Å². The lowest BCUT2D eigenvalue weighted by Gasteiger charge is -2.24. The number of rotatable bonds is 3. The van der Waals surface area contributed by atoms with E-state index < -0.39 is 0 Å². The lowest BCUT2D eigenvalue weighted by atomic mass is 10.1. The van der Waals surface area contributed by atoms with Gasteiger partial charge in [-0.15, -0.1) is 11.3 Å². The highest BCUT2D eigenvalue weighted by Crippen LogP contribution is 2.28. The summed E-state index contributed by atoms with van der Waals surface area (Å²) in [4.78, 5) is 22.2. The van der Waals surface area contributed by atoms with Gasteiger partial charge in [-0.25, -0.2) is 9.97 Å². The molecule has 1 N–H and O–H groups in total. The molecule has 0 unspecified atom stereocenters. The molecule has 0 saturated heterocycles. The van der Waals surface area contributed by atoms with E-state index in [4.69, 9.17) is 4.42 Å². The van der Waals surface area contributed by atoms with Crippen LogP contribution in [0.2, 0.25) is 0 Å². The van der Waals surface area contributed by atoms with Gasteiger partial charge in [-0.3, -0.25) is 4.79 Å². The Hall–Kier alpha value is -2.41. The third-order valence-electron chi connectivity index (χ3n) is 4.01. The molecule has 0 aliphatic carbocycles. The number of carbonyl (C=O) groups excluding carboxylic acids is 1. The van der Waals surface area contributed by atoms with Crippen LogP contribution in [-0.4, -0.2) is 26.5 Å². The van der Waals surface area contributed by atoms with E-state index in [0.29, 0.717) is 11.5 Å². The molecule has 1 aliphatic heterocycles. The zero-order valence-corrected chi connectivity index (χ0v) is 13.5. The minimum Gasteiger partial charge on any atom is -0.462 e. The predicted octanol–water partition coefficient (Wildman–Crippen LogP) is 2.65. The number of carbonyl (C=O) groups is 1. The first-order valence-electron chi connectivity index (χ1n) is 7.53. The predicted molar refractivity (Wildman–Crippen MR) is 86.4 cm³/mol. The zero-order valence-electron chi connectivity index (χ0n) is 12.7. The van der Waals surface area contributed by atoms with Crippen molar-refractivity contribution in [3.63, 3.8) is 0 Å². The van der Waals surface area contributed by atoms with E-state index in [1.165, 1.54) is 11.3 Å². The van der Waals surface area contributed by atoms with E-state index >= 15 is 0 Å². The molecule has 0 radical (unpaired) electrons. The first-order valence-corrected chi connectivity index (χ1v) is 8.34. The van der Waals surface area contributed by atoms with Crippen molar-refractivity contribution in [2.45, 2.75) is 32.4 Å². The van der Waals surface area contributed by atoms with Gasteiger partial charge in [0.1, 0.15) is 11.5 Å². The Morgan fingerprint density at radius 1 is 1.52 bits per heavy atom. The quantitative estimate of drug-likeness (QED) is 0.802. The van der Waals surface area contributed by atoms with E-state index in [-0.39, 0.29) is 11.9 Å². The van der Waals surface area contributed by atoms with Gasteiger partial charge in [-0.1, -0.05) is 0 Å². The molecule has 0 saturated carbocycles. The number of aryl methyl sites for hydroxylation is 2. The van der Waals surface area contributed by atoms with Crippen molar-refractivity contribution in [2.24, 2.45) is 0 Å². The minimum atomic E-state index is -0.120. The lowest BCUT2D eigenvalue weighted by Crippen LogP contribution is -2.41. The van der Waals surface area contributed by atoms with Crippen molar-refractivity contribution in [1.29, 1.82) is 0 Å². The van der Waals surface area contributed by atoms with Crippen LogP contribution in [0.1, 0.15) is 27.6 Å². The zero-order chi connectivity index (χ0) is 15.8. The topological polar surface area (TPSA) is 73.0 Å². The van der Waals surface area contributed by atoms with Crippen molar-refractivity contribution >= 4 is 17.2 Å². The van der Waals surface area contributed by atoms with Crippen LogP contribution in [0.3, 0.4) is 0 Å². The third kappa shape index (κ3) is 2.68. The van der Waals surface area contributed by atoms with Gasteiger partial charge in [-0.2, -0.15) is 0 Å². The molecule has 1 atom stereocenters. The normalized spacial score (nSPS) is 17.0. The minimum absolute atomic E-state index is 0.109. The summed E-state index contributed by atoms with van der Waals surface area (Å²) in [5.41, 5.74) is 0.484. The number of amides is 1. The molecule has 3 aromatic rings. The summed E-state index contributed by atoms with van der Waals surface area (Å²) in [6, 6.07) is 3.77. The van der Waals surface area contributed by atoms with E-state index in [2.05, 4.69) is 19.9 Å². The number of hydrogen-bond acceptors (Lipinski definition) is 5. The average molecular weight is 328 g/mol. The first-order chi connectivity index (χ1) is 11.2. The Labute approximate surface area is 137 Å². The van der Waals surface area contributed by atoms with Crippen molar-refractivity contribution in [2.75, 3.05) is 0 Å². The Bertz CT molecular complexity index is 834. The second kappa shape index (κ2) is 5.66. The van der Waals surface area contributed by atoms with Crippen molar-refractivity contribution in [1.82, 2.24) is 19.9 Å². The van der Waals surface area contributed by atoms with Gasteiger partial charge >= 0.3 is 0 Å². The summed E-state index contributed by atoms with van der Waals surface area (Å²) in [7, 11) is 0. The van der Waals surface area contributed by atoms with Crippen molar-refractivity contribution < 1.29 is 9.21 Å². The van der Waals surface area contributed by atoms with Crippen LogP contribution in [0.15, 0.2) is 35.2 Å². The van der Waals surface area contributed by atoms with Crippen LogP contribution < -0.4 is 5.32 Å². The second-order valence-corrected chi connectivity index (χ2v) is 6.81. The standard InChI is InChI=1S/C16H16N4O2S/c1-10-14(19-16(23-10)12-3-2-8-22-12)15(21)18-11-4-5-13-17-6-7-20(13)9-11/h2-3,6-8,11H,4-5,9H2,1H3,(H,18,21)/t11-/m1/s1. The molecule has 0 aromatic carbocycles. The van der Waals surface area contributed by atoms with Gasteiger partial charge in [0.25, 0.3) is 5.91 Å². The number of fused-ring (bicyclic) bond motifs is 1. The number of aromatic nitrogens is 3. The maximum absolute atomic E-state index is 12.5. The monoisotopic (exact) mass is 328 g/mol. The average Bonchev–Trinajstić information content (AvgIpc) is 3.26. The third-order valence-corrected chi connectivity index (χ3v) is 5.00. The molecule has 3 aromatic heterocycles. The highest BCUT2D eigenvalue weighted by Gasteiger charge is 2.23. The maximum Gasteiger partial charge on any atom is 0.271 e.